The molecule has 0 aromatic heterocycles. The molecule has 0 bridgehead atoms. The number of nitrogens with zero attached hydrogens (tertiary/aromatic N) is 1. The van der Waals surface area contributed by atoms with Crippen molar-refractivity contribution in [2.45, 2.75) is 17.7 Å². The molecule has 0 unspecified atom stereocenters. The Morgan fingerprint density at radius 2 is 1.59 bits per heavy atom. The maximum absolute atomic E-state index is 13.2. The second kappa shape index (κ2) is 8.13. The van der Waals surface area contributed by atoms with Crippen LogP contribution < -0.4 is 9.62 Å². The molecular weight excluding hydrogens is 420 g/mol. The summed E-state index contributed by atoms with van der Waals surface area (Å²) in [6.45, 7) is 0.641. The molecule has 0 saturated heterocycles. The second-order valence-electron chi connectivity index (χ2n) is 7.85. The molecule has 32 heavy (non-hydrogen) atoms. The number of amides is 1. The smallest absolute Gasteiger partial charge is 0.262 e. The van der Waals surface area contributed by atoms with Gasteiger partial charge in [-0.05, 0) is 60.2 Å². The second-order valence-corrected chi connectivity index (χ2v) is 9.50. The molecule has 0 fully saturated rings. The van der Waals surface area contributed by atoms with Crippen molar-refractivity contribution < 1.29 is 13.2 Å². The molecular formula is C26H22N2O3S. The minimum atomic E-state index is -3.77. The molecule has 1 amide bonds. The monoisotopic (exact) mass is 442 g/mol. The maximum atomic E-state index is 13.2. The fraction of sp³-hybridized carbons (Fsp3) is 0.115. The lowest BCUT2D eigenvalue weighted by Crippen LogP contribution is -2.35. The van der Waals surface area contributed by atoms with Gasteiger partial charge >= 0.3 is 0 Å². The number of aryl methyl sites for hydroxylation is 1. The van der Waals surface area contributed by atoms with Crippen molar-refractivity contribution in [2.75, 3.05) is 16.2 Å². The van der Waals surface area contributed by atoms with E-state index in [4.69, 9.17) is 0 Å². The summed E-state index contributed by atoms with van der Waals surface area (Å²) >= 11 is 0. The molecule has 0 saturated carbocycles. The highest BCUT2D eigenvalue weighted by molar-refractivity contribution is 7.93. The van der Waals surface area contributed by atoms with E-state index in [9.17, 15) is 13.2 Å². The van der Waals surface area contributed by atoms with E-state index >= 15 is 0 Å². The van der Waals surface area contributed by atoms with Crippen molar-refractivity contribution in [3.05, 3.63) is 102 Å². The van der Waals surface area contributed by atoms with Gasteiger partial charge in [0.25, 0.3) is 15.9 Å². The van der Waals surface area contributed by atoms with E-state index in [1.54, 1.807) is 23.1 Å². The highest BCUT2D eigenvalue weighted by Crippen LogP contribution is 2.32. The molecule has 4 aromatic carbocycles. The van der Waals surface area contributed by atoms with Crippen molar-refractivity contribution in [3.63, 3.8) is 0 Å². The van der Waals surface area contributed by atoms with Crippen LogP contribution in [0.3, 0.4) is 0 Å². The summed E-state index contributed by atoms with van der Waals surface area (Å²) < 4.78 is 29.1. The number of hydrogen-bond acceptors (Lipinski definition) is 3. The lowest BCUT2D eigenvalue weighted by Gasteiger charge is -2.30. The minimum absolute atomic E-state index is 0.0457. The van der Waals surface area contributed by atoms with Gasteiger partial charge in [0.05, 0.1) is 4.90 Å². The Morgan fingerprint density at radius 3 is 2.44 bits per heavy atom. The topological polar surface area (TPSA) is 66.5 Å². The lowest BCUT2D eigenvalue weighted by atomic mass is 10.00. The quantitative estimate of drug-likeness (QED) is 0.470. The zero-order valence-corrected chi connectivity index (χ0v) is 18.2. The van der Waals surface area contributed by atoms with E-state index in [0.717, 1.165) is 29.5 Å². The number of rotatable bonds is 4. The standard InChI is InChI=1S/C26H22N2O3S/c29-26(20-9-2-1-3-10-20)28-17-7-12-21-18-22(15-16-24(21)28)27-32(30,31)25-14-6-11-19-8-4-5-13-23(19)25/h1-6,8-11,13-16,18,27H,7,12,17H2. The number of carbonyl (C=O) groups excluding carboxylic acids is 1. The molecule has 4 aromatic rings. The van der Waals surface area contributed by atoms with Gasteiger partial charge in [0.1, 0.15) is 0 Å². The molecule has 0 atom stereocenters. The summed E-state index contributed by atoms with van der Waals surface area (Å²) in [5.74, 6) is -0.0457. The molecule has 0 spiro atoms. The Balaban J connectivity index is 1.46. The number of carbonyl (C=O) groups is 1. The van der Waals surface area contributed by atoms with E-state index < -0.39 is 10.0 Å². The fourth-order valence-electron chi connectivity index (χ4n) is 4.25. The van der Waals surface area contributed by atoms with Crippen molar-refractivity contribution in [3.8, 4) is 0 Å². The number of benzene rings is 4. The van der Waals surface area contributed by atoms with Gasteiger partial charge in [-0.15, -0.1) is 0 Å². The van der Waals surface area contributed by atoms with Gasteiger partial charge < -0.3 is 4.90 Å². The summed E-state index contributed by atoms with van der Waals surface area (Å²) in [4.78, 5) is 15.0. The third-order valence-electron chi connectivity index (χ3n) is 5.76. The van der Waals surface area contributed by atoms with Crippen LogP contribution in [0.1, 0.15) is 22.3 Å². The Hall–Kier alpha value is -3.64. The Kier molecular flexibility index (Phi) is 5.15. The highest BCUT2D eigenvalue weighted by Gasteiger charge is 2.24. The molecule has 5 rings (SSSR count). The summed E-state index contributed by atoms with van der Waals surface area (Å²) in [6, 6.07) is 27.3. The first kappa shape index (κ1) is 20.3. The zero-order valence-electron chi connectivity index (χ0n) is 17.4. The van der Waals surface area contributed by atoms with Crippen molar-refractivity contribution in [1.29, 1.82) is 0 Å². The zero-order chi connectivity index (χ0) is 22.1. The van der Waals surface area contributed by atoms with E-state index in [2.05, 4.69) is 4.72 Å². The summed E-state index contributed by atoms with van der Waals surface area (Å²) in [7, 11) is -3.77. The van der Waals surface area contributed by atoms with E-state index in [0.29, 0.717) is 23.2 Å². The van der Waals surface area contributed by atoms with Crippen LogP contribution in [0.15, 0.2) is 95.9 Å². The van der Waals surface area contributed by atoms with Gasteiger partial charge in [0.2, 0.25) is 0 Å². The molecule has 1 aliphatic heterocycles. The van der Waals surface area contributed by atoms with Crippen LogP contribution in [0.4, 0.5) is 11.4 Å². The first-order valence-corrected chi connectivity index (χ1v) is 12.0. The molecule has 0 aliphatic carbocycles. The van der Waals surface area contributed by atoms with Crippen molar-refractivity contribution >= 4 is 38.1 Å². The Labute approximate surface area is 187 Å². The third-order valence-corrected chi connectivity index (χ3v) is 7.19. The van der Waals surface area contributed by atoms with Gasteiger partial charge in [0.15, 0.2) is 0 Å². The molecule has 0 radical (unpaired) electrons. The van der Waals surface area contributed by atoms with Crippen LogP contribution in [-0.2, 0) is 16.4 Å². The predicted octanol–water partition coefficient (Wildman–Crippen LogP) is 5.23. The summed E-state index contributed by atoms with van der Waals surface area (Å²) in [5, 5.41) is 1.55. The van der Waals surface area contributed by atoms with Crippen LogP contribution >= 0.6 is 0 Å². The molecule has 6 heteroatoms. The van der Waals surface area contributed by atoms with E-state index in [-0.39, 0.29) is 10.8 Å². The van der Waals surface area contributed by atoms with Crippen LogP contribution in [0.2, 0.25) is 0 Å². The molecule has 1 N–H and O–H groups in total. The maximum Gasteiger partial charge on any atom is 0.262 e. The van der Waals surface area contributed by atoms with Gasteiger partial charge in [-0.25, -0.2) is 8.42 Å². The average Bonchev–Trinajstić information content (AvgIpc) is 2.83. The predicted molar refractivity (Wildman–Crippen MR) is 128 cm³/mol. The number of fused-ring (bicyclic) bond motifs is 2. The number of hydrogen-bond donors (Lipinski definition) is 1. The first-order chi connectivity index (χ1) is 15.5. The number of sulfonamides is 1. The fourth-order valence-corrected chi connectivity index (χ4v) is 5.53. The van der Waals surface area contributed by atoms with Gasteiger partial charge in [-0.2, -0.15) is 0 Å². The molecule has 1 aliphatic rings. The van der Waals surface area contributed by atoms with Crippen LogP contribution in [0.25, 0.3) is 10.8 Å². The highest BCUT2D eigenvalue weighted by atomic mass is 32.2. The largest absolute Gasteiger partial charge is 0.308 e. The lowest BCUT2D eigenvalue weighted by molar-refractivity contribution is 0.0985. The van der Waals surface area contributed by atoms with Gasteiger partial charge in [0, 0.05) is 28.9 Å². The molecule has 160 valence electrons. The van der Waals surface area contributed by atoms with Crippen molar-refractivity contribution in [2.24, 2.45) is 0 Å². The van der Waals surface area contributed by atoms with Crippen LogP contribution in [0, 0.1) is 0 Å². The van der Waals surface area contributed by atoms with Crippen molar-refractivity contribution in [1.82, 2.24) is 0 Å². The Morgan fingerprint density at radius 1 is 0.844 bits per heavy atom. The van der Waals surface area contributed by atoms with E-state index in [1.165, 1.54) is 0 Å². The van der Waals surface area contributed by atoms with Gasteiger partial charge in [-0.3, -0.25) is 9.52 Å². The van der Waals surface area contributed by atoms with Crippen LogP contribution in [0.5, 0.6) is 0 Å². The normalized spacial score (nSPS) is 13.6. The summed E-state index contributed by atoms with van der Waals surface area (Å²) in [6.07, 6.45) is 1.61. The van der Waals surface area contributed by atoms with Crippen LogP contribution in [-0.4, -0.2) is 20.9 Å². The average molecular weight is 443 g/mol. The summed E-state index contributed by atoms with van der Waals surface area (Å²) in [5.41, 5.74) is 2.92. The number of nitrogens with one attached hydrogen (secondary N) is 1. The minimum Gasteiger partial charge on any atom is -0.308 e. The number of anilines is 2. The first-order valence-electron chi connectivity index (χ1n) is 10.5. The SMILES string of the molecule is O=C(c1ccccc1)N1CCCc2cc(NS(=O)(=O)c3cccc4ccccc34)ccc21. The molecule has 1 heterocycles. The third kappa shape index (κ3) is 3.74. The van der Waals surface area contributed by atoms with E-state index in [1.807, 2.05) is 72.8 Å². The van der Waals surface area contributed by atoms with Gasteiger partial charge in [-0.1, -0.05) is 54.6 Å². The molecule has 5 nitrogen and oxygen atoms in total. The Bertz CT molecular complexity index is 1410.